The normalized spacial score (nSPS) is 23.0. The third kappa shape index (κ3) is 18.8. The van der Waals surface area contributed by atoms with E-state index in [1.165, 1.54) is 72.7 Å². The number of aryl methyl sites for hydroxylation is 2. The highest BCUT2D eigenvalue weighted by Gasteiger charge is 2.43. The maximum absolute atomic E-state index is 15.0. The van der Waals surface area contributed by atoms with Crippen molar-refractivity contribution in [1.29, 1.82) is 0 Å². The van der Waals surface area contributed by atoms with Gasteiger partial charge in [0.05, 0.1) is 0 Å². The highest BCUT2D eigenvalue weighted by molar-refractivity contribution is 7.10. The van der Waals surface area contributed by atoms with E-state index in [2.05, 4.69) is 22.9 Å². The zero-order valence-electron chi connectivity index (χ0n) is 51.0. The first kappa shape index (κ1) is 66.4. The Hall–Kier alpha value is -6.40. The summed E-state index contributed by atoms with van der Waals surface area (Å²) >= 11 is 3.33. The fourth-order valence-corrected chi connectivity index (χ4v) is 11.9. The maximum atomic E-state index is 15.0. The van der Waals surface area contributed by atoms with Crippen LogP contribution < -0.4 is 0 Å². The summed E-state index contributed by atoms with van der Waals surface area (Å²) in [5.74, 6) is -7.23. The number of esters is 4. The molecule has 4 aromatic rings. The van der Waals surface area contributed by atoms with Crippen LogP contribution in [0.5, 0.6) is 0 Å². The number of thiophene rings is 2. The van der Waals surface area contributed by atoms with E-state index in [-0.39, 0.29) is 62.2 Å². The number of likely N-dealkylation sites (N-methyl/N-ethyl adjacent to an activating group) is 4. The van der Waals surface area contributed by atoms with Gasteiger partial charge in [-0.1, -0.05) is 104 Å². The Morgan fingerprint density at radius 3 is 0.915 bits per heavy atom. The van der Waals surface area contributed by atoms with E-state index in [1.54, 1.807) is 22.7 Å². The molecule has 0 aliphatic carbocycles. The predicted molar refractivity (Wildman–Crippen MR) is 319 cm³/mol. The van der Waals surface area contributed by atoms with Crippen LogP contribution in [0.1, 0.15) is 138 Å². The van der Waals surface area contributed by atoms with Gasteiger partial charge in [0.2, 0.25) is 0 Å². The third-order valence-corrected chi connectivity index (χ3v) is 16.8. The Bertz CT molecular complexity index is 2620. The number of ether oxygens (including phenoxy) is 4. The van der Waals surface area contributed by atoms with Gasteiger partial charge in [-0.3, -0.25) is 19.2 Å². The highest BCUT2D eigenvalue weighted by atomic mass is 32.1. The number of benzene rings is 2. The molecule has 5 rings (SSSR count). The smallest absolute Gasteiger partial charge is 0.329 e. The summed E-state index contributed by atoms with van der Waals surface area (Å²) in [6, 6.07) is 14.4. The van der Waals surface area contributed by atoms with E-state index in [0.29, 0.717) is 24.0 Å². The van der Waals surface area contributed by atoms with Gasteiger partial charge >= 0.3 is 23.9 Å². The molecule has 0 spiro atoms. The topological polar surface area (TPSA) is 186 Å². The summed E-state index contributed by atoms with van der Waals surface area (Å²) < 4.78 is 24.3. The molecule has 2 aromatic heterocycles. The third-order valence-electron chi connectivity index (χ3n) is 14.7. The van der Waals surface area contributed by atoms with Crippen molar-refractivity contribution < 1.29 is 57.3 Å². The molecule has 2 aromatic carbocycles. The second kappa shape index (κ2) is 30.2. The van der Waals surface area contributed by atoms with Crippen LogP contribution >= 0.6 is 22.7 Å². The van der Waals surface area contributed by atoms with Crippen LogP contribution in [-0.2, 0) is 83.0 Å². The minimum Gasteiger partial charge on any atom is -0.451 e. The lowest BCUT2D eigenvalue weighted by atomic mass is 9.99. The first-order chi connectivity index (χ1) is 38.5. The minimum atomic E-state index is -1.51. The van der Waals surface area contributed by atoms with Crippen LogP contribution in [0.25, 0.3) is 0 Å². The van der Waals surface area contributed by atoms with E-state index in [0.717, 1.165) is 20.9 Å². The second-order valence-electron chi connectivity index (χ2n) is 24.0. The average molecular weight is 1170 g/mol. The maximum Gasteiger partial charge on any atom is 0.329 e. The molecule has 3 heterocycles. The molecule has 0 radical (unpaired) electrons. The van der Waals surface area contributed by atoms with Crippen LogP contribution in [-0.4, -0.2) is 144 Å². The first-order valence-electron chi connectivity index (χ1n) is 28.6. The van der Waals surface area contributed by atoms with Crippen molar-refractivity contribution >= 4 is 70.2 Å². The largest absolute Gasteiger partial charge is 0.451 e. The molecule has 1 aliphatic rings. The van der Waals surface area contributed by atoms with Crippen LogP contribution in [0.15, 0.2) is 71.4 Å². The lowest BCUT2D eigenvalue weighted by Gasteiger charge is -2.35. The van der Waals surface area contributed by atoms with Gasteiger partial charge in [-0.25, -0.2) is 19.2 Å². The molecule has 4 amide bonds. The molecule has 0 saturated carbocycles. The predicted octanol–water partition coefficient (Wildman–Crippen LogP) is 9.59. The van der Waals surface area contributed by atoms with Crippen LogP contribution in [0.2, 0.25) is 0 Å². The molecule has 16 nitrogen and oxygen atoms in total. The van der Waals surface area contributed by atoms with E-state index in [9.17, 15) is 28.8 Å². The Morgan fingerprint density at radius 2 is 0.659 bits per heavy atom. The Morgan fingerprint density at radius 1 is 0.402 bits per heavy atom. The number of cyclic esters (lactones) is 4. The summed E-state index contributed by atoms with van der Waals surface area (Å²) in [6.45, 7) is 21.8. The van der Waals surface area contributed by atoms with Gasteiger partial charge in [0.15, 0.2) is 24.4 Å². The van der Waals surface area contributed by atoms with Crippen molar-refractivity contribution in [3.63, 3.8) is 0 Å². The number of carbonyl (C=O) groups is 8. The van der Waals surface area contributed by atoms with Crippen LogP contribution in [0.3, 0.4) is 0 Å². The molecule has 82 heavy (non-hydrogen) atoms. The SMILES string of the molecule is Cc1csc(Cc2ccc(C[C@H]3OC(=O)[C@H](CC(C)C)N(C)C(=O)[C@@H](C)OC(=O)[C@H](CC(C)C)N(C)C(=O)[C@@H](Cc4ccc(Cc5cc(C)cs5)cc4)OC(=O)[C@H](CC(C)C)N(C)C(=O)[C@@H](C)OC(=O)[C@H](CC(C)C)N(C)C3=O)cc2)c1. The second-order valence-corrected chi connectivity index (χ2v) is 26.0. The van der Waals surface area contributed by atoms with Gasteiger partial charge < -0.3 is 38.5 Å². The van der Waals surface area contributed by atoms with Gasteiger partial charge in [-0.2, -0.15) is 0 Å². The van der Waals surface area contributed by atoms with Crippen LogP contribution in [0.4, 0.5) is 0 Å². The Balaban J connectivity index is 1.59. The Labute approximate surface area is 494 Å². The monoisotopic (exact) mass is 1170 g/mol. The van der Waals surface area contributed by atoms with Gasteiger partial charge in [-0.15, -0.1) is 22.7 Å². The molecule has 1 fully saturated rings. The molecule has 448 valence electrons. The van der Waals surface area contributed by atoms with Crippen molar-refractivity contribution in [1.82, 2.24) is 19.6 Å². The number of carbonyl (C=O) groups excluding carboxylic acids is 8. The molecule has 8 atom stereocenters. The molecule has 0 N–H and O–H groups in total. The molecule has 0 bridgehead atoms. The molecule has 1 saturated heterocycles. The number of hydrogen-bond donors (Lipinski definition) is 0. The summed E-state index contributed by atoms with van der Waals surface area (Å²) in [6.07, 6.45) is -4.37. The van der Waals surface area contributed by atoms with E-state index < -0.39 is 96.1 Å². The summed E-state index contributed by atoms with van der Waals surface area (Å²) in [5.41, 5.74) is 5.72. The number of amides is 4. The highest BCUT2D eigenvalue weighted by Crippen LogP contribution is 2.26. The number of nitrogens with zero attached hydrogens (tertiary/aromatic N) is 4. The number of hydrogen-bond acceptors (Lipinski definition) is 14. The zero-order chi connectivity index (χ0) is 60.9. The van der Waals surface area contributed by atoms with Crippen LogP contribution in [0, 0.1) is 37.5 Å². The van der Waals surface area contributed by atoms with E-state index in [1.807, 2.05) is 118 Å². The fraction of sp³-hybridized carbons (Fsp3) is 0.562. The van der Waals surface area contributed by atoms with Gasteiger partial charge in [-0.05, 0) is 133 Å². The molecule has 0 unspecified atom stereocenters. The Kier molecular flexibility index (Phi) is 24.5. The average Bonchev–Trinajstić information content (AvgIpc) is 4.13. The summed E-state index contributed by atoms with van der Waals surface area (Å²) in [4.78, 5) is 125. The van der Waals surface area contributed by atoms with Gasteiger partial charge in [0.1, 0.15) is 24.2 Å². The van der Waals surface area contributed by atoms with Gasteiger partial charge in [0, 0.05) is 63.6 Å². The van der Waals surface area contributed by atoms with Crippen molar-refractivity contribution in [2.24, 2.45) is 23.7 Å². The summed E-state index contributed by atoms with van der Waals surface area (Å²) in [7, 11) is 5.64. The van der Waals surface area contributed by atoms with Crippen molar-refractivity contribution in [2.45, 2.75) is 183 Å². The van der Waals surface area contributed by atoms with Crippen molar-refractivity contribution in [3.05, 3.63) is 115 Å². The lowest BCUT2D eigenvalue weighted by molar-refractivity contribution is -0.176. The number of rotatable bonds is 16. The minimum absolute atomic E-state index is 0.0977. The lowest BCUT2D eigenvalue weighted by Crippen LogP contribution is -2.55. The van der Waals surface area contributed by atoms with Gasteiger partial charge in [0.25, 0.3) is 23.6 Å². The molecule has 1 aliphatic heterocycles. The molecule has 18 heteroatoms. The zero-order valence-corrected chi connectivity index (χ0v) is 52.7. The van der Waals surface area contributed by atoms with Crippen molar-refractivity contribution in [2.75, 3.05) is 28.2 Å². The quantitative estimate of drug-likeness (QED) is 0.0765. The van der Waals surface area contributed by atoms with E-state index in [4.69, 9.17) is 18.9 Å². The van der Waals surface area contributed by atoms with Crippen molar-refractivity contribution in [3.8, 4) is 0 Å². The fourth-order valence-electron chi connectivity index (χ4n) is 10.1. The molecular weight excluding hydrogens is 1080 g/mol. The van der Waals surface area contributed by atoms with E-state index >= 15 is 9.59 Å². The first-order valence-corrected chi connectivity index (χ1v) is 30.4. The molecular formula is C64H88N4O12S2. The standard InChI is InChI=1S/C64H88N4O12S2/c1-37(2)25-51-61(73)77-43(11)57(69)65(13)54(28-40(7)8)64(76)80-56(34-48-23-19-46(20-24-48)32-50-30-42(10)36-82-50)60(72)68(16)52(26-38(3)4)62(74)78-44(12)58(70)66(14)53(27-39(5)6)63(75)79-55(59(71)67(51)15)33-47-21-17-45(18-22-47)31-49-29-41(9)35-81-49/h17-24,29-30,35-40,43-44,51-56H,25-28,31-34H2,1-16H3/t43-,44-,51+,52+,53+,54+,55-,56-/m1/s1. The summed E-state index contributed by atoms with van der Waals surface area (Å²) in [5, 5.41) is 4.18.